The van der Waals surface area contributed by atoms with Crippen LogP contribution in [0.15, 0.2) is 16.3 Å². The highest BCUT2D eigenvalue weighted by Gasteiger charge is 2.31. The monoisotopic (exact) mass is 330 g/mol. The van der Waals surface area contributed by atoms with E-state index < -0.39 is 10.0 Å². The summed E-state index contributed by atoms with van der Waals surface area (Å²) < 4.78 is 27.4. The van der Waals surface area contributed by atoms with E-state index in [1.807, 2.05) is 6.07 Å². The summed E-state index contributed by atoms with van der Waals surface area (Å²) in [5.41, 5.74) is 0. The third-order valence-corrected chi connectivity index (χ3v) is 7.91. The highest BCUT2D eigenvalue weighted by Crippen LogP contribution is 2.29. The van der Waals surface area contributed by atoms with Crippen molar-refractivity contribution in [1.82, 2.24) is 9.62 Å². The topological polar surface area (TPSA) is 49.4 Å². The van der Waals surface area contributed by atoms with Crippen LogP contribution in [-0.2, 0) is 16.4 Å². The molecule has 1 unspecified atom stereocenters. The van der Waals surface area contributed by atoms with Crippen molar-refractivity contribution in [3.05, 3.63) is 17.0 Å². The molecule has 0 saturated carbocycles. The first-order chi connectivity index (χ1) is 9.98. The third kappa shape index (κ3) is 3.86. The lowest BCUT2D eigenvalue weighted by Gasteiger charge is -2.34. The van der Waals surface area contributed by atoms with Gasteiger partial charge in [-0.3, -0.25) is 0 Å². The Morgan fingerprint density at radius 1 is 1.33 bits per heavy atom. The van der Waals surface area contributed by atoms with Gasteiger partial charge in [0.25, 0.3) is 10.0 Å². The molecule has 1 aliphatic rings. The number of piperidine rings is 1. The van der Waals surface area contributed by atoms with E-state index in [9.17, 15) is 8.42 Å². The van der Waals surface area contributed by atoms with Crippen LogP contribution in [0.25, 0.3) is 0 Å². The zero-order valence-corrected chi connectivity index (χ0v) is 14.8. The van der Waals surface area contributed by atoms with Crippen LogP contribution in [0.2, 0.25) is 0 Å². The first-order valence-electron chi connectivity index (χ1n) is 7.81. The SMILES string of the molecule is CCNC(C)C1CCN(S(=O)(=O)c2ccc(CC)s2)CC1. The molecular formula is C15H26N2O2S2. The molecule has 1 atom stereocenters. The van der Waals surface area contributed by atoms with Gasteiger partial charge in [-0.2, -0.15) is 4.31 Å². The molecule has 0 aromatic carbocycles. The molecule has 1 saturated heterocycles. The molecule has 0 amide bonds. The van der Waals surface area contributed by atoms with Crippen LogP contribution in [0.4, 0.5) is 0 Å². The molecule has 0 spiro atoms. The minimum Gasteiger partial charge on any atom is -0.314 e. The Labute approximate surface area is 132 Å². The van der Waals surface area contributed by atoms with Gasteiger partial charge < -0.3 is 5.32 Å². The number of aryl methyl sites for hydroxylation is 1. The average Bonchev–Trinajstić information content (AvgIpc) is 2.97. The fraction of sp³-hybridized carbons (Fsp3) is 0.733. The summed E-state index contributed by atoms with van der Waals surface area (Å²) in [6.07, 6.45) is 2.78. The van der Waals surface area contributed by atoms with Crippen LogP contribution in [0.1, 0.15) is 38.5 Å². The highest BCUT2D eigenvalue weighted by atomic mass is 32.2. The van der Waals surface area contributed by atoms with E-state index in [4.69, 9.17) is 0 Å². The number of rotatable bonds is 6. The van der Waals surface area contributed by atoms with E-state index in [1.54, 1.807) is 10.4 Å². The van der Waals surface area contributed by atoms with Gasteiger partial charge in [-0.25, -0.2) is 8.42 Å². The van der Waals surface area contributed by atoms with Crippen molar-refractivity contribution in [2.24, 2.45) is 5.92 Å². The summed E-state index contributed by atoms with van der Waals surface area (Å²) in [5, 5.41) is 3.45. The second-order valence-corrected chi connectivity index (χ2v) is 9.00. The van der Waals surface area contributed by atoms with E-state index >= 15 is 0 Å². The molecule has 2 rings (SSSR count). The maximum atomic E-state index is 12.6. The predicted octanol–water partition coefficient (Wildman–Crippen LogP) is 2.71. The lowest BCUT2D eigenvalue weighted by atomic mass is 9.91. The van der Waals surface area contributed by atoms with E-state index in [-0.39, 0.29) is 0 Å². The minimum absolute atomic E-state index is 0.466. The van der Waals surface area contributed by atoms with Crippen LogP contribution >= 0.6 is 11.3 Å². The molecule has 120 valence electrons. The van der Waals surface area contributed by atoms with Crippen LogP contribution in [-0.4, -0.2) is 38.4 Å². The number of sulfonamides is 1. The molecule has 0 radical (unpaired) electrons. The summed E-state index contributed by atoms with van der Waals surface area (Å²) >= 11 is 1.41. The Bertz CT molecular complexity index is 546. The third-order valence-electron chi connectivity index (χ3n) is 4.31. The number of hydrogen-bond donors (Lipinski definition) is 1. The van der Waals surface area contributed by atoms with Gasteiger partial charge in [0.05, 0.1) is 0 Å². The van der Waals surface area contributed by atoms with Gasteiger partial charge in [0.2, 0.25) is 0 Å². The van der Waals surface area contributed by atoms with Crippen molar-refractivity contribution >= 4 is 21.4 Å². The normalized spacial score (nSPS) is 19.8. The molecule has 1 aromatic heterocycles. The second kappa shape index (κ2) is 7.22. The van der Waals surface area contributed by atoms with Gasteiger partial charge in [0, 0.05) is 24.0 Å². The van der Waals surface area contributed by atoms with E-state index in [2.05, 4.69) is 26.1 Å². The molecule has 6 heteroatoms. The molecule has 0 bridgehead atoms. The summed E-state index contributed by atoms with van der Waals surface area (Å²) in [4.78, 5) is 1.13. The van der Waals surface area contributed by atoms with Crippen molar-refractivity contribution in [1.29, 1.82) is 0 Å². The lowest BCUT2D eigenvalue weighted by Crippen LogP contribution is -2.43. The fourth-order valence-corrected chi connectivity index (χ4v) is 5.84. The van der Waals surface area contributed by atoms with Crippen LogP contribution in [0.5, 0.6) is 0 Å². The molecule has 2 heterocycles. The van der Waals surface area contributed by atoms with Crippen molar-refractivity contribution in [3.8, 4) is 0 Å². The fourth-order valence-electron chi connectivity index (χ4n) is 2.92. The molecule has 1 aliphatic heterocycles. The van der Waals surface area contributed by atoms with Crippen LogP contribution in [0, 0.1) is 5.92 Å². The average molecular weight is 331 g/mol. The number of hydrogen-bond acceptors (Lipinski definition) is 4. The smallest absolute Gasteiger partial charge is 0.252 e. The first kappa shape index (κ1) is 16.9. The van der Waals surface area contributed by atoms with Crippen LogP contribution in [0.3, 0.4) is 0 Å². The molecule has 1 N–H and O–H groups in total. The standard InChI is InChI=1S/C15H26N2O2S2/c1-4-14-6-7-15(20-14)21(18,19)17-10-8-13(9-11-17)12(3)16-5-2/h6-7,12-13,16H,4-5,8-11H2,1-3H3. The van der Waals surface area contributed by atoms with Crippen molar-refractivity contribution in [2.75, 3.05) is 19.6 Å². The number of nitrogens with zero attached hydrogens (tertiary/aromatic N) is 1. The Balaban J connectivity index is 2.00. The summed E-state index contributed by atoms with van der Waals surface area (Å²) in [6, 6.07) is 4.15. The molecule has 21 heavy (non-hydrogen) atoms. The van der Waals surface area contributed by atoms with Gasteiger partial charge >= 0.3 is 0 Å². The minimum atomic E-state index is -3.28. The van der Waals surface area contributed by atoms with E-state index in [0.717, 1.165) is 30.7 Å². The largest absolute Gasteiger partial charge is 0.314 e. The summed E-state index contributed by atoms with van der Waals surface area (Å²) in [5.74, 6) is 0.575. The van der Waals surface area contributed by atoms with Gasteiger partial charge in [0.1, 0.15) is 4.21 Å². The van der Waals surface area contributed by atoms with Gasteiger partial charge in [-0.1, -0.05) is 13.8 Å². The second-order valence-electron chi connectivity index (χ2n) is 5.66. The molecule has 0 aliphatic carbocycles. The Morgan fingerprint density at radius 3 is 2.52 bits per heavy atom. The van der Waals surface area contributed by atoms with Crippen LogP contribution < -0.4 is 5.32 Å². The summed E-state index contributed by atoms with van der Waals surface area (Å²) in [6.45, 7) is 8.61. The number of thiophene rings is 1. The Morgan fingerprint density at radius 2 is 2.00 bits per heavy atom. The molecule has 4 nitrogen and oxygen atoms in total. The van der Waals surface area contributed by atoms with E-state index in [0.29, 0.717) is 29.3 Å². The quantitative estimate of drug-likeness (QED) is 0.872. The Hall–Kier alpha value is -0.430. The van der Waals surface area contributed by atoms with Gasteiger partial charge in [-0.05, 0) is 50.8 Å². The number of nitrogens with one attached hydrogen (secondary N) is 1. The van der Waals surface area contributed by atoms with E-state index in [1.165, 1.54) is 11.3 Å². The van der Waals surface area contributed by atoms with Crippen molar-refractivity contribution in [3.63, 3.8) is 0 Å². The predicted molar refractivity (Wildman–Crippen MR) is 88.3 cm³/mol. The summed E-state index contributed by atoms with van der Waals surface area (Å²) in [7, 11) is -3.28. The van der Waals surface area contributed by atoms with Crippen molar-refractivity contribution in [2.45, 2.75) is 50.3 Å². The highest BCUT2D eigenvalue weighted by molar-refractivity contribution is 7.91. The first-order valence-corrected chi connectivity index (χ1v) is 10.1. The maximum Gasteiger partial charge on any atom is 0.252 e. The molecular weight excluding hydrogens is 304 g/mol. The zero-order valence-electron chi connectivity index (χ0n) is 13.1. The molecule has 1 aromatic rings. The Kier molecular flexibility index (Phi) is 5.82. The van der Waals surface area contributed by atoms with Gasteiger partial charge in [-0.15, -0.1) is 11.3 Å². The molecule has 1 fully saturated rings. The lowest BCUT2D eigenvalue weighted by molar-refractivity contribution is 0.233. The van der Waals surface area contributed by atoms with Gasteiger partial charge in [0.15, 0.2) is 0 Å². The van der Waals surface area contributed by atoms with Crippen molar-refractivity contribution < 1.29 is 8.42 Å². The maximum absolute atomic E-state index is 12.6. The zero-order chi connectivity index (χ0) is 15.5.